The molecule has 1 aliphatic heterocycles. The van der Waals surface area contributed by atoms with Crippen molar-refractivity contribution in [1.29, 1.82) is 0 Å². The van der Waals surface area contributed by atoms with E-state index >= 15 is 0 Å². The molecule has 0 saturated carbocycles. The van der Waals surface area contributed by atoms with Gasteiger partial charge in [-0.25, -0.2) is 0 Å². The maximum absolute atomic E-state index is 5.83. The number of nitrogens with one attached hydrogen (secondary N) is 1. The average molecular weight is 227 g/mol. The maximum Gasteiger partial charge on any atom is 0.0616 e. The lowest BCUT2D eigenvalue weighted by molar-refractivity contribution is 0.0698. The van der Waals surface area contributed by atoms with Gasteiger partial charge in [-0.2, -0.15) is 0 Å². The first-order valence-corrected chi connectivity index (χ1v) is 7.09. The first kappa shape index (κ1) is 14.0. The zero-order valence-electron chi connectivity index (χ0n) is 11.5. The van der Waals surface area contributed by atoms with E-state index in [2.05, 4.69) is 33.0 Å². The lowest BCUT2D eigenvalue weighted by Crippen LogP contribution is -2.44. The minimum Gasteiger partial charge on any atom is -0.378 e. The van der Waals surface area contributed by atoms with E-state index in [-0.39, 0.29) is 0 Å². The van der Waals surface area contributed by atoms with Gasteiger partial charge in [0.1, 0.15) is 0 Å². The molecule has 1 saturated heterocycles. The Morgan fingerprint density at radius 3 is 2.62 bits per heavy atom. The van der Waals surface area contributed by atoms with E-state index in [4.69, 9.17) is 4.74 Å². The van der Waals surface area contributed by atoms with Crippen LogP contribution in [0.4, 0.5) is 0 Å². The Bertz CT molecular complexity index is 184. The molecule has 4 unspecified atom stereocenters. The summed E-state index contributed by atoms with van der Waals surface area (Å²) in [5, 5.41) is 3.69. The summed E-state index contributed by atoms with van der Waals surface area (Å²) in [5.74, 6) is 1.50. The Hall–Kier alpha value is -0.0800. The minimum absolute atomic E-state index is 0.489. The highest BCUT2D eigenvalue weighted by molar-refractivity contribution is 4.88. The summed E-state index contributed by atoms with van der Waals surface area (Å²) >= 11 is 0. The molecule has 4 atom stereocenters. The van der Waals surface area contributed by atoms with Gasteiger partial charge in [0, 0.05) is 18.6 Å². The lowest BCUT2D eigenvalue weighted by Gasteiger charge is -2.32. The second kappa shape index (κ2) is 7.29. The van der Waals surface area contributed by atoms with Crippen LogP contribution in [0, 0.1) is 11.8 Å². The Kier molecular flexibility index (Phi) is 6.37. The van der Waals surface area contributed by atoms with E-state index in [1.807, 2.05) is 0 Å². The van der Waals surface area contributed by atoms with Crippen LogP contribution in [0.3, 0.4) is 0 Å². The normalized spacial score (nSPS) is 29.2. The predicted octanol–water partition coefficient (Wildman–Crippen LogP) is 3.22. The molecular formula is C14H29NO. The van der Waals surface area contributed by atoms with Crippen LogP contribution in [0.25, 0.3) is 0 Å². The largest absolute Gasteiger partial charge is 0.378 e. The molecule has 0 aliphatic carbocycles. The van der Waals surface area contributed by atoms with Crippen LogP contribution in [0.5, 0.6) is 0 Å². The molecule has 1 aliphatic rings. The van der Waals surface area contributed by atoms with E-state index in [0.29, 0.717) is 12.1 Å². The van der Waals surface area contributed by atoms with Crippen molar-refractivity contribution in [2.24, 2.45) is 11.8 Å². The highest BCUT2D eigenvalue weighted by atomic mass is 16.5. The van der Waals surface area contributed by atoms with Crippen LogP contribution in [0.15, 0.2) is 0 Å². The van der Waals surface area contributed by atoms with Crippen molar-refractivity contribution in [2.45, 2.75) is 65.5 Å². The second-order valence-corrected chi connectivity index (χ2v) is 5.12. The summed E-state index contributed by atoms with van der Waals surface area (Å²) in [4.78, 5) is 0. The molecule has 0 aromatic rings. The topological polar surface area (TPSA) is 21.3 Å². The Morgan fingerprint density at radius 1 is 1.31 bits per heavy atom. The van der Waals surface area contributed by atoms with E-state index in [9.17, 15) is 0 Å². The second-order valence-electron chi connectivity index (χ2n) is 5.12. The maximum atomic E-state index is 5.83. The molecule has 1 fully saturated rings. The van der Waals surface area contributed by atoms with Crippen LogP contribution in [-0.2, 0) is 4.74 Å². The minimum atomic E-state index is 0.489. The van der Waals surface area contributed by atoms with Gasteiger partial charge < -0.3 is 10.1 Å². The van der Waals surface area contributed by atoms with Crippen molar-refractivity contribution >= 4 is 0 Å². The zero-order chi connectivity index (χ0) is 12.0. The fourth-order valence-electron chi connectivity index (χ4n) is 3.14. The third kappa shape index (κ3) is 3.46. The van der Waals surface area contributed by atoms with E-state index in [0.717, 1.165) is 31.4 Å². The number of hydrogen-bond acceptors (Lipinski definition) is 2. The van der Waals surface area contributed by atoms with Gasteiger partial charge in [-0.15, -0.1) is 0 Å². The van der Waals surface area contributed by atoms with Crippen molar-refractivity contribution in [3.05, 3.63) is 0 Å². The number of hydrogen-bond donors (Lipinski definition) is 1. The Labute approximate surface area is 101 Å². The van der Waals surface area contributed by atoms with Crippen molar-refractivity contribution in [1.82, 2.24) is 5.32 Å². The van der Waals surface area contributed by atoms with Gasteiger partial charge in [0.25, 0.3) is 0 Å². The van der Waals surface area contributed by atoms with Crippen LogP contribution in [0.1, 0.15) is 53.4 Å². The summed E-state index contributed by atoms with van der Waals surface area (Å²) in [6, 6.07) is 0.650. The molecule has 0 amide bonds. The molecule has 0 aromatic carbocycles. The standard InChI is InChI=1S/C14H29NO/c1-5-8-11(4)14(15-7-3)12-9-10-16-13(12)6-2/h11-15H,5-10H2,1-4H3. The van der Waals surface area contributed by atoms with Gasteiger partial charge in [0.2, 0.25) is 0 Å². The predicted molar refractivity (Wildman–Crippen MR) is 69.7 cm³/mol. The first-order chi connectivity index (χ1) is 7.74. The third-order valence-electron chi connectivity index (χ3n) is 3.92. The van der Waals surface area contributed by atoms with Crippen molar-refractivity contribution in [3.63, 3.8) is 0 Å². The van der Waals surface area contributed by atoms with Crippen LogP contribution in [0.2, 0.25) is 0 Å². The van der Waals surface area contributed by atoms with Crippen molar-refractivity contribution in [3.8, 4) is 0 Å². The number of ether oxygens (including phenoxy) is 1. The fourth-order valence-corrected chi connectivity index (χ4v) is 3.14. The van der Waals surface area contributed by atoms with E-state index in [1.165, 1.54) is 19.3 Å². The van der Waals surface area contributed by atoms with Gasteiger partial charge in [0.15, 0.2) is 0 Å². The summed E-state index contributed by atoms with van der Waals surface area (Å²) in [7, 11) is 0. The third-order valence-corrected chi connectivity index (χ3v) is 3.92. The van der Waals surface area contributed by atoms with Crippen LogP contribution >= 0.6 is 0 Å². The molecule has 0 spiro atoms. The van der Waals surface area contributed by atoms with E-state index < -0.39 is 0 Å². The smallest absolute Gasteiger partial charge is 0.0616 e. The molecule has 1 rings (SSSR count). The summed E-state index contributed by atoms with van der Waals surface area (Å²) in [6.07, 6.45) is 5.50. The average Bonchev–Trinajstić information content (AvgIpc) is 2.73. The Morgan fingerprint density at radius 2 is 2.06 bits per heavy atom. The molecule has 2 nitrogen and oxygen atoms in total. The molecule has 16 heavy (non-hydrogen) atoms. The SMILES string of the molecule is CCCC(C)C(NCC)C1CCOC1CC. The Balaban J connectivity index is 2.60. The van der Waals surface area contributed by atoms with Gasteiger partial charge in [-0.1, -0.05) is 34.1 Å². The van der Waals surface area contributed by atoms with Crippen molar-refractivity contribution < 1.29 is 4.74 Å². The summed E-state index contributed by atoms with van der Waals surface area (Å²) in [5.41, 5.74) is 0. The molecule has 0 aromatic heterocycles. The molecular weight excluding hydrogens is 198 g/mol. The van der Waals surface area contributed by atoms with Crippen LogP contribution in [-0.4, -0.2) is 25.3 Å². The zero-order valence-corrected chi connectivity index (χ0v) is 11.5. The highest BCUT2D eigenvalue weighted by Gasteiger charge is 2.35. The van der Waals surface area contributed by atoms with Crippen molar-refractivity contribution in [2.75, 3.05) is 13.2 Å². The first-order valence-electron chi connectivity index (χ1n) is 7.09. The molecule has 0 radical (unpaired) electrons. The lowest BCUT2D eigenvalue weighted by atomic mass is 9.82. The van der Waals surface area contributed by atoms with E-state index in [1.54, 1.807) is 0 Å². The summed E-state index contributed by atoms with van der Waals surface area (Å²) < 4.78 is 5.83. The van der Waals surface area contributed by atoms with Gasteiger partial charge in [-0.3, -0.25) is 0 Å². The van der Waals surface area contributed by atoms with Gasteiger partial charge >= 0.3 is 0 Å². The van der Waals surface area contributed by atoms with Gasteiger partial charge in [-0.05, 0) is 31.7 Å². The molecule has 2 heteroatoms. The van der Waals surface area contributed by atoms with Gasteiger partial charge in [0.05, 0.1) is 6.10 Å². The fraction of sp³-hybridized carbons (Fsp3) is 1.00. The molecule has 0 bridgehead atoms. The van der Waals surface area contributed by atoms with Crippen LogP contribution < -0.4 is 5.32 Å². The molecule has 1 N–H and O–H groups in total. The molecule has 1 heterocycles. The quantitative estimate of drug-likeness (QED) is 0.721. The monoisotopic (exact) mass is 227 g/mol. The highest BCUT2D eigenvalue weighted by Crippen LogP contribution is 2.31. The molecule has 96 valence electrons. The number of rotatable bonds is 7. The summed E-state index contributed by atoms with van der Waals surface area (Å²) in [6.45, 7) is 11.2.